The summed E-state index contributed by atoms with van der Waals surface area (Å²) in [5, 5.41) is 3.84. The lowest BCUT2D eigenvalue weighted by Crippen LogP contribution is -2.36. The lowest BCUT2D eigenvalue weighted by molar-refractivity contribution is 0.0958. The van der Waals surface area contributed by atoms with E-state index in [1.807, 2.05) is 24.3 Å². The fourth-order valence-corrected chi connectivity index (χ4v) is 3.35. The molecule has 1 aliphatic rings. The molecular weight excluding hydrogens is 326 g/mol. The van der Waals surface area contributed by atoms with E-state index in [-0.39, 0.29) is 5.91 Å². The van der Waals surface area contributed by atoms with E-state index in [9.17, 15) is 4.79 Å². The van der Waals surface area contributed by atoms with Gasteiger partial charge in [-0.2, -0.15) is 0 Å². The van der Waals surface area contributed by atoms with Gasteiger partial charge in [0.05, 0.1) is 26.5 Å². The first-order valence-electron chi connectivity index (χ1n) is 7.96. The number of carbonyl (C=O) groups is 1. The highest BCUT2D eigenvalue weighted by Gasteiger charge is 2.17. The number of ether oxygens (including phenoxy) is 2. The molecule has 6 nitrogen and oxygen atoms in total. The van der Waals surface area contributed by atoms with Crippen LogP contribution in [0.1, 0.15) is 15.2 Å². The number of morpholine rings is 1. The molecule has 0 bridgehead atoms. The average molecular weight is 347 g/mol. The van der Waals surface area contributed by atoms with Crippen molar-refractivity contribution < 1.29 is 14.3 Å². The van der Waals surface area contributed by atoms with Crippen LogP contribution in [0.15, 0.2) is 30.5 Å². The Labute approximate surface area is 145 Å². The predicted molar refractivity (Wildman–Crippen MR) is 94.2 cm³/mol. The van der Waals surface area contributed by atoms with Crippen LogP contribution in [0.5, 0.6) is 5.75 Å². The Balaban J connectivity index is 1.48. The first kappa shape index (κ1) is 16.7. The molecular formula is C17H21N3O3S. The standard InChI is InChI=1S/C17H21N3O3S/c1-22-14-4-2-13(3-5-14)6-7-18-16(21)15-12-19-17(24-15)20-8-10-23-11-9-20/h2-5,12H,6-11H2,1H3,(H,18,21). The second-order valence-electron chi connectivity index (χ2n) is 5.46. The van der Waals surface area contributed by atoms with E-state index in [1.54, 1.807) is 13.3 Å². The summed E-state index contributed by atoms with van der Waals surface area (Å²) >= 11 is 1.43. The van der Waals surface area contributed by atoms with Crippen LogP contribution in [0.3, 0.4) is 0 Å². The highest BCUT2D eigenvalue weighted by molar-refractivity contribution is 7.17. The normalized spacial score (nSPS) is 14.5. The Hall–Kier alpha value is -2.12. The van der Waals surface area contributed by atoms with Gasteiger partial charge in [0.25, 0.3) is 5.91 Å². The van der Waals surface area contributed by atoms with Gasteiger partial charge in [-0.05, 0) is 24.1 Å². The van der Waals surface area contributed by atoms with E-state index in [0.717, 1.165) is 36.0 Å². The number of hydrogen-bond acceptors (Lipinski definition) is 6. The summed E-state index contributed by atoms with van der Waals surface area (Å²) in [5.41, 5.74) is 1.16. The molecule has 7 heteroatoms. The summed E-state index contributed by atoms with van der Waals surface area (Å²) in [6.07, 6.45) is 2.43. The molecule has 1 amide bonds. The van der Waals surface area contributed by atoms with Crippen molar-refractivity contribution in [3.8, 4) is 5.75 Å². The number of methoxy groups -OCH3 is 1. The fourth-order valence-electron chi connectivity index (χ4n) is 2.47. The van der Waals surface area contributed by atoms with Crippen LogP contribution in [0, 0.1) is 0 Å². The van der Waals surface area contributed by atoms with Crippen molar-refractivity contribution in [1.29, 1.82) is 0 Å². The molecule has 3 rings (SSSR count). The van der Waals surface area contributed by atoms with Crippen molar-refractivity contribution in [2.45, 2.75) is 6.42 Å². The molecule has 0 radical (unpaired) electrons. The maximum atomic E-state index is 12.2. The van der Waals surface area contributed by atoms with Crippen molar-refractivity contribution in [3.05, 3.63) is 40.9 Å². The third-order valence-corrected chi connectivity index (χ3v) is 4.91. The maximum Gasteiger partial charge on any atom is 0.263 e. The summed E-state index contributed by atoms with van der Waals surface area (Å²) in [6.45, 7) is 3.67. The fraction of sp³-hybridized carbons (Fsp3) is 0.412. The van der Waals surface area contributed by atoms with Crippen molar-refractivity contribution in [2.24, 2.45) is 0 Å². The third-order valence-electron chi connectivity index (χ3n) is 3.86. The number of anilines is 1. The molecule has 1 saturated heterocycles. The third kappa shape index (κ3) is 4.24. The Morgan fingerprint density at radius 2 is 2.08 bits per heavy atom. The van der Waals surface area contributed by atoms with Gasteiger partial charge in [-0.1, -0.05) is 23.5 Å². The molecule has 1 N–H and O–H groups in total. The van der Waals surface area contributed by atoms with E-state index in [2.05, 4.69) is 15.2 Å². The Kier molecular flexibility index (Phi) is 5.66. The SMILES string of the molecule is COc1ccc(CCNC(=O)c2cnc(N3CCOCC3)s2)cc1. The van der Waals surface area contributed by atoms with Gasteiger partial charge in [-0.15, -0.1) is 0 Å². The highest BCUT2D eigenvalue weighted by atomic mass is 32.1. The number of aromatic nitrogens is 1. The molecule has 0 saturated carbocycles. The topological polar surface area (TPSA) is 63.7 Å². The number of amides is 1. The van der Waals surface area contributed by atoms with Gasteiger partial charge in [0.1, 0.15) is 10.6 Å². The minimum atomic E-state index is -0.0690. The van der Waals surface area contributed by atoms with E-state index in [4.69, 9.17) is 9.47 Å². The molecule has 2 heterocycles. The molecule has 0 spiro atoms. The van der Waals surface area contributed by atoms with Crippen LogP contribution in [0.2, 0.25) is 0 Å². The van der Waals surface area contributed by atoms with Crippen molar-refractivity contribution >= 4 is 22.4 Å². The second-order valence-corrected chi connectivity index (χ2v) is 6.47. The van der Waals surface area contributed by atoms with Crippen molar-refractivity contribution in [2.75, 3.05) is 44.9 Å². The largest absolute Gasteiger partial charge is 0.497 e. The number of rotatable bonds is 6. The van der Waals surface area contributed by atoms with Crippen LogP contribution in [0.25, 0.3) is 0 Å². The zero-order chi connectivity index (χ0) is 16.8. The molecule has 1 fully saturated rings. The van der Waals surface area contributed by atoms with Crippen LogP contribution in [-0.4, -0.2) is 50.8 Å². The zero-order valence-corrected chi connectivity index (χ0v) is 14.5. The summed E-state index contributed by atoms with van der Waals surface area (Å²) in [5.74, 6) is 0.767. The lowest BCUT2D eigenvalue weighted by Gasteiger charge is -2.25. The van der Waals surface area contributed by atoms with Gasteiger partial charge in [0.15, 0.2) is 5.13 Å². The molecule has 2 aromatic rings. The van der Waals surface area contributed by atoms with Crippen molar-refractivity contribution in [3.63, 3.8) is 0 Å². The predicted octanol–water partition coefficient (Wildman–Crippen LogP) is 1.96. The smallest absolute Gasteiger partial charge is 0.263 e. The molecule has 1 aromatic carbocycles. The average Bonchev–Trinajstić information content (AvgIpc) is 3.13. The molecule has 24 heavy (non-hydrogen) atoms. The summed E-state index contributed by atoms with van der Waals surface area (Å²) in [4.78, 5) is 19.4. The minimum absolute atomic E-state index is 0.0690. The lowest BCUT2D eigenvalue weighted by atomic mass is 10.1. The van der Waals surface area contributed by atoms with E-state index < -0.39 is 0 Å². The van der Waals surface area contributed by atoms with E-state index in [0.29, 0.717) is 24.6 Å². The van der Waals surface area contributed by atoms with Crippen molar-refractivity contribution in [1.82, 2.24) is 10.3 Å². The first-order valence-corrected chi connectivity index (χ1v) is 8.77. The Morgan fingerprint density at radius 3 is 2.79 bits per heavy atom. The van der Waals surface area contributed by atoms with E-state index >= 15 is 0 Å². The van der Waals surface area contributed by atoms with Gasteiger partial charge in [-0.25, -0.2) is 4.98 Å². The van der Waals surface area contributed by atoms with Gasteiger partial charge in [0, 0.05) is 19.6 Å². The molecule has 128 valence electrons. The monoisotopic (exact) mass is 347 g/mol. The molecule has 0 unspecified atom stereocenters. The van der Waals surface area contributed by atoms with E-state index in [1.165, 1.54) is 11.3 Å². The summed E-state index contributed by atoms with van der Waals surface area (Å²) in [7, 11) is 1.65. The summed E-state index contributed by atoms with van der Waals surface area (Å²) < 4.78 is 10.5. The second kappa shape index (κ2) is 8.12. The molecule has 1 aromatic heterocycles. The highest BCUT2D eigenvalue weighted by Crippen LogP contribution is 2.23. The molecule has 0 aliphatic carbocycles. The van der Waals surface area contributed by atoms with Crippen LogP contribution in [0.4, 0.5) is 5.13 Å². The quantitative estimate of drug-likeness (QED) is 0.865. The Bertz CT molecular complexity index is 666. The number of thiazole rings is 1. The van der Waals surface area contributed by atoms with Gasteiger partial charge < -0.3 is 19.7 Å². The number of carbonyl (C=O) groups excluding carboxylic acids is 1. The number of nitrogens with zero attached hydrogens (tertiary/aromatic N) is 2. The van der Waals surface area contributed by atoms with Gasteiger partial charge in [0.2, 0.25) is 0 Å². The number of hydrogen-bond donors (Lipinski definition) is 1. The molecule has 1 aliphatic heterocycles. The van der Waals surface area contributed by atoms with Crippen LogP contribution < -0.4 is 15.0 Å². The Morgan fingerprint density at radius 1 is 1.33 bits per heavy atom. The van der Waals surface area contributed by atoms with Gasteiger partial charge >= 0.3 is 0 Å². The zero-order valence-electron chi connectivity index (χ0n) is 13.7. The number of nitrogens with one attached hydrogen (secondary N) is 1. The number of benzene rings is 1. The first-order chi connectivity index (χ1) is 11.8. The van der Waals surface area contributed by atoms with Crippen LogP contribution in [-0.2, 0) is 11.2 Å². The minimum Gasteiger partial charge on any atom is -0.497 e. The maximum absolute atomic E-state index is 12.2. The van der Waals surface area contributed by atoms with Crippen LogP contribution >= 0.6 is 11.3 Å². The summed E-state index contributed by atoms with van der Waals surface area (Å²) in [6, 6.07) is 7.87. The molecule has 0 atom stereocenters. The van der Waals surface area contributed by atoms with Gasteiger partial charge in [-0.3, -0.25) is 4.79 Å².